The van der Waals surface area contributed by atoms with Crippen molar-refractivity contribution in [3.8, 4) is 0 Å². The minimum absolute atomic E-state index is 0.274. The first-order valence-electron chi connectivity index (χ1n) is 8.33. The molecule has 0 unspecified atom stereocenters. The van der Waals surface area contributed by atoms with E-state index in [2.05, 4.69) is 31.1 Å². The lowest BCUT2D eigenvalue weighted by molar-refractivity contribution is 0.0474. The summed E-state index contributed by atoms with van der Waals surface area (Å²) in [4.78, 5) is 20.4. The number of alkyl carbamates (subject to hydrolysis) is 1. The molecule has 0 fully saturated rings. The van der Waals surface area contributed by atoms with Gasteiger partial charge in [-0.15, -0.1) is 0 Å². The van der Waals surface area contributed by atoms with Gasteiger partial charge < -0.3 is 25.2 Å². The molecule has 0 aliphatic heterocycles. The molecular formula is C16H30N6O3. The van der Waals surface area contributed by atoms with E-state index >= 15 is 0 Å². The number of carbonyl (C=O) groups is 1. The summed E-state index contributed by atoms with van der Waals surface area (Å²) in [5.74, 6) is 1.61. The maximum Gasteiger partial charge on any atom is 0.408 e. The highest BCUT2D eigenvalue weighted by atomic mass is 16.6. The minimum Gasteiger partial charge on any atom is -0.444 e. The van der Waals surface area contributed by atoms with Crippen LogP contribution in [0.3, 0.4) is 0 Å². The van der Waals surface area contributed by atoms with Crippen molar-refractivity contribution in [2.75, 3.05) is 13.1 Å². The molecule has 1 aromatic heterocycles. The Labute approximate surface area is 149 Å². The van der Waals surface area contributed by atoms with Crippen LogP contribution in [0.25, 0.3) is 0 Å². The summed E-state index contributed by atoms with van der Waals surface area (Å²) in [6.07, 6.45) is -0.456. The van der Waals surface area contributed by atoms with Gasteiger partial charge in [0, 0.05) is 13.1 Å². The Bertz CT molecular complexity index is 589. The van der Waals surface area contributed by atoms with E-state index in [0.717, 1.165) is 0 Å². The minimum atomic E-state index is -0.536. The molecule has 0 saturated carbocycles. The van der Waals surface area contributed by atoms with Crippen LogP contribution in [-0.4, -0.2) is 46.4 Å². The number of amides is 1. The molecule has 0 atom stereocenters. The van der Waals surface area contributed by atoms with E-state index in [4.69, 9.17) is 9.26 Å². The highest BCUT2D eigenvalue weighted by molar-refractivity contribution is 5.79. The summed E-state index contributed by atoms with van der Waals surface area (Å²) in [6, 6.07) is 0. The fourth-order valence-electron chi connectivity index (χ4n) is 1.82. The van der Waals surface area contributed by atoms with Gasteiger partial charge in [-0.1, -0.05) is 5.16 Å². The average Bonchev–Trinajstić information content (AvgIpc) is 2.85. The van der Waals surface area contributed by atoms with E-state index < -0.39 is 17.2 Å². The molecule has 25 heavy (non-hydrogen) atoms. The van der Waals surface area contributed by atoms with Crippen molar-refractivity contribution < 1.29 is 14.1 Å². The van der Waals surface area contributed by atoms with E-state index in [1.54, 1.807) is 6.92 Å². The lowest BCUT2D eigenvalue weighted by atomic mass is 10.1. The van der Waals surface area contributed by atoms with Gasteiger partial charge in [-0.3, -0.25) is 0 Å². The fraction of sp³-hybridized carbons (Fsp3) is 0.750. The SMILES string of the molecule is CCNC(=NCc1nc(C)no1)NCC(C)(C)NC(=O)OC(C)(C)C. The first kappa shape index (κ1) is 20.7. The van der Waals surface area contributed by atoms with Gasteiger partial charge in [0.1, 0.15) is 12.1 Å². The topological polar surface area (TPSA) is 114 Å². The van der Waals surface area contributed by atoms with Gasteiger partial charge in [-0.2, -0.15) is 4.98 Å². The molecule has 1 heterocycles. The summed E-state index contributed by atoms with van der Waals surface area (Å²) >= 11 is 0. The third kappa shape index (κ3) is 8.92. The second-order valence-electron chi connectivity index (χ2n) is 7.29. The molecule has 0 spiro atoms. The first-order chi connectivity index (χ1) is 11.5. The van der Waals surface area contributed by atoms with Crippen LogP contribution in [-0.2, 0) is 11.3 Å². The highest BCUT2D eigenvalue weighted by Gasteiger charge is 2.24. The van der Waals surface area contributed by atoms with Crippen molar-refractivity contribution in [3.63, 3.8) is 0 Å². The Morgan fingerprint density at radius 3 is 2.44 bits per heavy atom. The van der Waals surface area contributed by atoms with Crippen LogP contribution in [0, 0.1) is 6.92 Å². The van der Waals surface area contributed by atoms with Crippen LogP contribution >= 0.6 is 0 Å². The second-order valence-corrected chi connectivity index (χ2v) is 7.29. The Balaban J connectivity index is 2.58. The molecule has 1 rings (SSSR count). The number of ether oxygens (including phenoxy) is 1. The molecule has 9 heteroatoms. The number of aromatic nitrogens is 2. The van der Waals surface area contributed by atoms with Crippen molar-refractivity contribution in [2.45, 2.75) is 66.2 Å². The summed E-state index contributed by atoms with van der Waals surface area (Å²) in [6.45, 7) is 14.4. The quantitative estimate of drug-likeness (QED) is 0.526. The zero-order chi connectivity index (χ0) is 19.1. The Hall–Kier alpha value is -2.32. The smallest absolute Gasteiger partial charge is 0.408 e. The maximum atomic E-state index is 11.9. The van der Waals surface area contributed by atoms with Crippen molar-refractivity contribution in [1.29, 1.82) is 0 Å². The van der Waals surface area contributed by atoms with Crippen molar-refractivity contribution in [3.05, 3.63) is 11.7 Å². The Morgan fingerprint density at radius 1 is 1.24 bits per heavy atom. The van der Waals surface area contributed by atoms with Crippen LogP contribution in [0.1, 0.15) is 53.3 Å². The Kier molecular flexibility index (Phi) is 7.20. The zero-order valence-corrected chi connectivity index (χ0v) is 16.2. The largest absolute Gasteiger partial charge is 0.444 e. The summed E-state index contributed by atoms with van der Waals surface area (Å²) in [5, 5.41) is 12.9. The van der Waals surface area contributed by atoms with Crippen molar-refractivity contribution >= 4 is 12.1 Å². The number of aliphatic imine (C=N–C) groups is 1. The molecule has 1 aromatic rings. The van der Waals surface area contributed by atoms with Gasteiger partial charge in [0.2, 0.25) is 5.89 Å². The number of aryl methyl sites for hydroxylation is 1. The number of hydrogen-bond donors (Lipinski definition) is 3. The summed E-state index contributed by atoms with van der Waals surface area (Å²) in [5.41, 5.74) is -1.06. The van der Waals surface area contributed by atoms with E-state index in [-0.39, 0.29) is 6.54 Å². The van der Waals surface area contributed by atoms with Crippen LogP contribution < -0.4 is 16.0 Å². The van der Waals surface area contributed by atoms with E-state index in [1.807, 2.05) is 41.5 Å². The monoisotopic (exact) mass is 354 g/mol. The normalized spacial score (nSPS) is 12.7. The number of nitrogens with zero attached hydrogens (tertiary/aromatic N) is 3. The van der Waals surface area contributed by atoms with Gasteiger partial charge in [0.25, 0.3) is 0 Å². The molecule has 0 aliphatic carbocycles. The molecule has 3 N–H and O–H groups in total. The van der Waals surface area contributed by atoms with E-state index in [1.165, 1.54) is 0 Å². The predicted molar refractivity (Wildman–Crippen MR) is 95.3 cm³/mol. The number of hydrogen-bond acceptors (Lipinski definition) is 6. The fourth-order valence-corrected chi connectivity index (χ4v) is 1.82. The van der Waals surface area contributed by atoms with E-state index in [9.17, 15) is 4.79 Å². The van der Waals surface area contributed by atoms with Crippen LogP contribution in [0.4, 0.5) is 4.79 Å². The summed E-state index contributed by atoms with van der Waals surface area (Å²) < 4.78 is 10.3. The molecule has 0 bridgehead atoms. The third-order valence-electron chi connectivity index (χ3n) is 2.82. The molecule has 9 nitrogen and oxygen atoms in total. The van der Waals surface area contributed by atoms with Gasteiger partial charge >= 0.3 is 6.09 Å². The maximum absolute atomic E-state index is 11.9. The molecule has 0 aliphatic rings. The molecular weight excluding hydrogens is 324 g/mol. The Morgan fingerprint density at radius 2 is 1.92 bits per heavy atom. The molecule has 0 saturated heterocycles. The molecule has 0 aromatic carbocycles. The lowest BCUT2D eigenvalue weighted by Crippen LogP contribution is -2.54. The first-order valence-corrected chi connectivity index (χ1v) is 8.33. The molecule has 142 valence electrons. The lowest BCUT2D eigenvalue weighted by Gasteiger charge is -2.29. The number of guanidine groups is 1. The van der Waals surface area contributed by atoms with Gasteiger partial charge in [0.15, 0.2) is 11.8 Å². The number of rotatable bonds is 6. The van der Waals surface area contributed by atoms with Crippen LogP contribution in [0.15, 0.2) is 9.52 Å². The van der Waals surface area contributed by atoms with Crippen molar-refractivity contribution in [1.82, 2.24) is 26.1 Å². The molecule has 0 radical (unpaired) electrons. The average molecular weight is 354 g/mol. The van der Waals surface area contributed by atoms with E-state index in [0.29, 0.717) is 30.8 Å². The van der Waals surface area contributed by atoms with Crippen LogP contribution in [0.2, 0.25) is 0 Å². The number of carbonyl (C=O) groups excluding carboxylic acids is 1. The van der Waals surface area contributed by atoms with Crippen molar-refractivity contribution in [2.24, 2.45) is 4.99 Å². The van der Waals surface area contributed by atoms with Gasteiger partial charge in [-0.05, 0) is 48.5 Å². The molecule has 1 amide bonds. The second kappa shape index (κ2) is 8.68. The summed E-state index contributed by atoms with van der Waals surface area (Å²) in [7, 11) is 0. The zero-order valence-electron chi connectivity index (χ0n) is 16.2. The standard InChI is InChI=1S/C16H30N6O3/c1-8-17-13(18-9-12-20-11(2)22-25-12)19-10-16(6,7)21-14(23)24-15(3,4)5/h8-10H2,1-7H3,(H,21,23)(H2,17,18,19). The van der Waals surface area contributed by atoms with Gasteiger partial charge in [-0.25, -0.2) is 9.79 Å². The van der Waals surface area contributed by atoms with Gasteiger partial charge in [0.05, 0.1) is 5.54 Å². The highest BCUT2D eigenvalue weighted by Crippen LogP contribution is 2.09. The third-order valence-corrected chi connectivity index (χ3v) is 2.82. The number of nitrogens with one attached hydrogen (secondary N) is 3. The van der Waals surface area contributed by atoms with Crippen LogP contribution in [0.5, 0.6) is 0 Å². The predicted octanol–water partition coefficient (Wildman–Crippen LogP) is 1.74.